The second-order valence-electron chi connectivity index (χ2n) is 6.75. The van der Waals surface area contributed by atoms with Gasteiger partial charge in [0.25, 0.3) is 0 Å². The molecule has 1 aromatic heterocycles. The van der Waals surface area contributed by atoms with E-state index >= 15 is 0 Å². The van der Waals surface area contributed by atoms with Crippen molar-refractivity contribution in [1.82, 2.24) is 25.4 Å². The highest BCUT2D eigenvalue weighted by molar-refractivity contribution is 5.80. The molecule has 0 amide bonds. The summed E-state index contributed by atoms with van der Waals surface area (Å²) < 4.78 is 29.3. The second kappa shape index (κ2) is 9.27. The third kappa shape index (κ3) is 5.37. The first-order valence-corrected chi connectivity index (χ1v) is 9.32. The number of halogens is 2. The van der Waals surface area contributed by atoms with Crippen LogP contribution in [0.25, 0.3) is 0 Å². The van der Waals surface area contributed by atoms with Crippen LogP contribution >= 0.6 is 0 Å². The number of aryl methyl sites for hydroxylation is 1. The normalized spacial score (nSPS) is 12.7. The Morgan fingerprint density at radius 2 is 1.90 bits per heavy atom. The molecule has 3 aromatic rings. The molecule has 3 rings (SSSR count). The highest BCUT2D eigenvalue weighted by atomic mass is 19.1. The van der Waals surface area contributed by atoms with Crippen molar-refractivity contribution in [3.63, 3.8) is 0 Å². The zero-order valence-electron chi connectivity index (χ0n) is 16.7. The summed E-state index contributed by atoms with van der Waals surface area (Å²) in [6.07, 6.45) is 0. The van der Waals surface area contributed by atoms with E-state index in [1.165, 1.54) is 0 Å². The molecule has 0 bridgehead atoms. The van der Waals surface area contributed by atoms with Crippen LogP contribution in [0.1, 0.15) is 35.7 Å². The Hall–Kier alpha value is -3.29. The lowest BCUT2D eigenvalue weighted by atomic mass is 10.1. The van der Waals surface area contributed by atoms with E-state index in [4.69, 9.17) is 0 Å². The highest BCUT2D eigenvalue weighted by Gasteiger charge is 2.11. The molecule has 152 valence electrons. The minimum atomic E-state index is -0.494. The lowest BCUT2D eigenvalue weighted by molar-refractivity contribution is 0.585. The van der Waals surface area contributed by atoms with Gasteiger partial charge in [-0.1, -0.05) is 30.3 Å². The Balaban J connectivity index is 1.77. The fraction of sp³-hybridized carbons (Fsp3) is 0.286. The number of benzene rings is 2. The van der Waals surface area contributed by atoms with Gasteiger partial charge in [0.15, 0.2) is 11.8 Å². The second-order valence-corrected chi connectivity index (χ2v) is 6.75. The Kier molecular flexibility index (Phi) is 6.54. The topological polar surface area (TPSA) is 67.1 Å². The van der Waals surface area contributed by atoms with Gasteiger partial charge in [0.05, 0.1) is 19.1 Å². The molecule has 2 aromatic carbocycles. The predicted octanol–water partition coefficient (Wildman–Crippen LogP) is 3.40. The molecule has 29 heavy (non-hydrogen) atoms. The third-order valence-corrected chi connectivity index (χ3v) is 4.66. The van der Waals surface area contributed by atoms with Crippen LogP contribution < -0.4 is 10.6 Å². The van der Waals surface area contributed by atoms with Gasteiger partial charge in [0.2, 0.25) is 0 Å². The van der Waals surface area contributed by atoms with E-state index in [1.54, 1.807) is 0 Å². The van der Waals surface area contributed by atoms with Crippen molar-refractivity contribution in [3.05, 3.63) is 82.9 Å². The average Bonchev–Trinajstić information content (AvgIpc) is 3.05. The molecule has 1 unspecified atom stereocenters. The molecule has 0 saturated carbocycles. The number of nitrogens with one attached hydrogen (secondary N) is 2. The maximum atomic E-state index is 14.0. The summed E-state index contributed by atoms with van der Waals surface area (Å²) >= 11 is 0. The molecule has 0 aliphatic heterocycles. The summed E-state index contributed by atoms with van der Waals surface area (Å²) in [5.41, 5.74) is 1.27. The Morgan fingerprint density at radius 3 is 2.59 bits per heavy atom. The summed E-state index contributed by atoms with van der Waals surface area (Å²) in [5.74, 6) is 1.01. The first kappa shape index (κ1) is 20.4. The van der Waals surface area contributed by atoms with Gasteiger partial charge >= 0.3 is 0 Å². The van der Waals surface area contributed by atoms with Gasteiger partial charge in [0.1, 0.15) is 17.5 Å². The Labute approximate surface area is 168 Å². The molecule has 0 saturated heterocycles. The lowest BCUT2D eigenvalue weighted by Crippen LogP contribution is -2.39. The van der Waals surface area contributed by atoms with Crippen LogP contribution in [0.2, 0.25) is 0 Å². The number of rotatable bonds is 6. The fourth-order valence-corrected chi connectivity index (χ4v) is 2.78. The zero-order chi connectivity index (χ0) is 20.8. The van der Waals surface area contributed by atoms with Crippen molar-refractivity contribution in [2.45, 2.75) is 33.0 Å². The minimum Gasteiger partial charge on any atom is -0.350 e. The third-order valence-electron chi connectivity index (χ3n) is 4.66. The van der Waals surface area contributed by atoms with Crippen LogP contribution in [-0.4, -0.2) is 20.7 Å². The number of aliphatic imine (C=N–C) groups is 1. The molecule has 0 aliphatic carbocycles. The van der Waals surface area contributed by atoms with E-state index in [0.29, 0.717) is 12.5 Å². The van der Waals surface area contributed by atoms with Gasteiger partial charge in [-0.2, -0.15) is 0 Å². The van der Waals surface area contributed by atoms with Gasteiger partial charge < -0.3 is 15.2 Å². The predicted molar refractivity (Wildman–Crippen MR) is 108 cm³/mol. The maximum absolute atomic E-state index is 14.0. The molecular formula is C21H24F2N6. The summed E-state index contributed by atoms with van der Waals surface area (Å²) in [6, 6.07) is 13.2. The van der Waals surface area contributed by atoms with Crippen LogP contribution in [0.4, 0.5) is 8.78 Å². The molecule has 6 nitrogen and oxygen atoms in total. The largest absolute Gasteiger partial charge is 0.350 e. The quantitative estimate of drug-likeness (QED) is 0.493. The van der Waals surface area contributed by atoms with Crippen LogP contribution in [0, 0.1) is 18.6 Å². The molecule has 1 atom stereocenters. The minimum absolute atomic E-state index is 0.00171. The molecule has 0 spiro atoms. The van der Waals surface area contributed by atoms with Crippen molar-refractivity contribution in [1.29, 1.82) is 0 Å². The van der Waals surface area contributed by atoms with E-state index in [0.717, 1.165) is 35.4 Å². The van der Waals surface area contributed by atoms with Crippen molar-refractivity contribution >= 4 is 5.96 Å². The average molecular weight is 398 g/mol. The van der Waals surface area contributed by atoms with Crippen LogP contribution in [0.5, 0.6) is 0 Å². The molecule has 0 radical (unpaired) electrons. The van der Waals surface area contributed by atoms with Gasteiger partial charge in [-0.15, -0.1) is 10.2 Å². The van der Waals surface area contributed by atoms with E-state index in [2.05, 4.69) is 25.8 Å². The molecule has 1 heterocycles. The van der Waals surface area contributed by atoms with Gasteiger partial charge in [-0.3, -0.25) is 0 Å². The maximum Gasteiger partial charge on any atom is 0.192 e. The number of hydrogen-bond donors (Lipinski definition) is 2. The number of nitrogens with zero attached hydrogens (tertiary/aromatic N) is 4. The van der Waals surface area contributed by atoms with Gasteiger partial charge in [-0.25, -0.2) is 13.8 Å². The molecule has 2 N–H and O–H groups in total. The first-order chi connectivity index (χ1) is 13.9. The zero-order valence-corrected chi connectivity index (χ0v) is 16.7. The molecular weight excluding hydrogens is 374 g/mol. The fourth-order valence-electron chi connectivity index (χ4n) is 2.78. The summed E-state index contributed by atoms with van der Waals surface area (Å²) in [5, 5.41) is 14.7. The summed E-state index contributed by atoms with van der Waals surface area (Å²) in [4.78, 5) is 4.44. The SMILES string of the molecule is Cc1nnc(CNC(=NCc2cc(F)ccc2F)NC(C)c2ccccc2)n1C. The summed E-state index contributed by atoms with van der Waals surface area (Å²) in [7, 11) is 1.88. The van der Waals surface area contributed by atoms with Crippen molar-refractivity contribution in [2.75, 3.05) is 0 Å². The van der Waals surface area contributed by atoms with Crippen LogP contribution in [0.15, 0.2) is 53.5 Å². The van der Waals surface area contributed by atoms with Crippen LogP contribution in [0.3, 0.4) is 0 Å². The van der Waals surface area contributed by atoms with Crippen molar-refractivity contribution in [3.8, 4) is 0 Å². The van der Waals surface area contributed by atoms with Crippen molar-refractivity contribution in [2.24, 2.45) is 12.0 Å². The number of aromatic nitrogens is 3. The van der Waals surface area contributed by atoms with Crippen molar-refractivity contribution < 1.29 is 8.78 Å². The highest BCUT2D eigenvalue weighted by Crippen LogP contribution is 2.13. The monoisotopic (exact) mass is 398 g/mol. The van der Waals surface area contributed by atoms with E-state index < -0.39 is 11.6 Å². The lowest BCUT2D eigenvalue weighted by Gasteiger charge is -2.19. The number of guanidine groups is 1. The molecule has 8 heteroatoms. The Bertz CT molecular complexity index is 984. The smallest absolute Gasteiger partial charge is 0.192 e. The van der Waals surface area contributed by atoms with Crippen LogP contribution in [-0.2, 0) is 20.1 Å². The molecule has 0 fully saturated rings. The summed E-state index contributed by atoms with van der Waals surface area (Å²) in [6.45, 7) is 4.25. The van der Waals surface area contributed by atoms with E-state index in [9.17, 15) is 8.78 Å². The molecule has 0 aliphatic rings. The van der Waals surface area contributed by atoms with E-state index in [-0.39, 0.29) is 18.2 Å². The van der Waals surface area contributed by atoms with Gasteiger partial charge in [-0.05, 0) is 37.6 Å². The first-order valence-electron chi connectivity index (χ1n) is 9.32. The van der Waals surface area contributed by atoms with E-state index in [1.807, 2.05) is 55.8 Å². The number of hydrogen-bond acceptors (Lipinski definition) is 3. The Morgan fingerprint density at radius 1 is 1.14 bits per heavy atom. The van der Waals surface area contributed by atoms with Gasteiger partial charge in [0, 0.05) is 12.6 Å². The standard InChI is InChI=1S/C21H24F2N6/c1-14(16-7-5-4-6-8-16)26-21(25-13-20-28-27-15(2)29(20)3)24-12-17-11-18(22)9-10-19(17)23/h4-11,14H,12-13H2,1-3H3,(H2,24,25,26).